The molecule has 0 aromatic rings. The molecule has 2 unspecified atom stereocenters. The predicted molar refractivity (Wildman–Crippen MR) is 66.7 cm³/mol. The SMILES string of the molecule is CC1CCN(C2CCCC2)C(=O)C(CO)N1C. The lowest BCUT2D eigenvalue weighted by molar-refractivity contribution is -0.138. The number of carbonyl (C=O) groups excluding carboxylic acids is 1. The second-order valence-electron chi connectivity index (χ2n) is 5.47. The van der Waals surface area contributed by atoms with Crippen LogP contribution in [0.2, 0.25) is 0 Å². The van der Waals surface area contributed by atoms with Crippen LogP contribution in [0.15, 0.2) is 0 Å². The number of aliphatic hydroxyl groups is 1. The Morgan fingerprint density at radius 3 is 2.53 bits per heavy atom. The van der Waals surface area contributed by atoms with E-state index in [9.17, 15) is 9.90 Å². The van der Waals surface area contributed by atoms with Gasteiger partial charge >= 0.3 is 0 Å². The Balaban J connectivity index is 2.14. The molecule has 2 atom stereocenters. The zero-order valence-electron chi connectivity index (χ0n) is 10.9. The van der Waals surface area contributed by atoms with Crippen molar-refractivity contribution in [3.63, 3.8) is 0 Å². The topological polar surface area (TPSA) is 43.8 Å². The highest BCUT2D eigenvalue weighted by molar-refractivity contribution is 5.82. The molecule has 0 radical (unpaired) electrons. The van der Waals surface area contributed by atoms with E-state index in [1.54, 1.807) is 0 Å². The van der Waals surface area contributed by atoms with Gasteiger partial charge in [-0.2, -0.15) is 0 Å². The van der Waals surface area contributed by atoms with Gasteiger partial charge in [-0.1, -0.05) is 12.8 Å². The molecule has 98 valence electrons. The van der Waals surface area contributed by atoms with E-state index >= 15 is 0 Å². The van der Waals surface area contributed by atoms with Gasteiger partial charge in [-0.25, -0.2) is 0 Å². The number of aliphatic hydroxyl groups excluding tert-OH is 1. The number of amides is 1. The minimum absolute atomic E-state index is 0.0666. The molecule has 2 fully saturated rings. The second-order valence-corrected chi connectivity index (χ2v) is 5.47. The number of rotatable bonds is 2. The van der Waals surface area contributed by atoms with Crippen LogP contribution in [0.4, 0.5) is 0 Å². The van der Waals surface area contributed by atoms with Crippen LogP contribution in [0.5, 0.6) is 0 Å². The van der Waals surface area contributed by atoms with Crippen molar-refractivity contribution in [1.82, 2.24) is 9.80 Å². The van der Waals surface area contributed by atoms with Crippen LogP contribution in [-0.4, -0.2) is 59.1 Å². The van der Waals surface area contributed by atoms with Gasteiger partial charge in [0.05, 0.1) is 6.61 Å². The molecule has 0 bridgehead atoms. The maximum atomic E-state index is 12.4. The Bertz CT molecular complexity index is 277. The molecule has 17 heavy (non-hydrogen) atoms. The Morgan fingerprint density at radius 1 is 1.29 bits per heavy atom. The van der Waals surface area contributed by atoms with Crippen LogP contribution in [-0.2, 0) is 4.79 Å². The molecule has 1 N–H and O–H groups in total. The third kappa shape index (κ3) is 2.47. The van der Waals surface area contributed by atoms with Crippen molar-refractivity contribution in [3.8, 4) is 0 Å². The molecule has 1 aliphatic heterocycles. The Morgan fingerprint density at radius 2 is 1.94 bits per heavy atom. The molecular weight excluding hydrogens is 216 g/mol. The van der Waals surface area contributed by atoms with Gasteiger partial charge in [0.15, 0.2) is 0 Å². The first-order valence-electron chi connectivity index (χ1n) is 6.78. The van der Waals surface area contributed by atoms with Gasteiger partial charge in [0.25, 0.3) is 0 Å². The third-order valence-electron chi connectivity index (χ3n) is 4.48. The predicted octanol–water partition coefficient (Wildman–Crippen LogP) is 0.843. The smallest absolute Gasteiger partial charge is 0.242 e. The standard InChI is InChI=1S/C13H24N2O2/c1-10-7-8-15(11-5-3-4-6-11)13(17)12(9-16)14(10)2/h10-12,16H,3-9H2,1-2H3. The number of hydrogen-bond donors (Lipinski definition) is 1. The number of carbonyl (C=O) groups is 1. The molecule has 2 rings (SSSR count). The third-order valence-corrected chi connectivity index (χ3v) is 4.48. The first-order chi connectivity index (χ1) is 8.15. The van der Waals surface area contributed by atoms with Crippen LogP contribution in [0, 0.1) is 0 Å². The van der Waals surface area contributed by atoms with Crippen molar-refractivity contribution >= 4 is 5.91 Å². The summed E-state index contributed by atoms with van der Waals surface area (Å²) in [5.74, 6) is 0.131. The van der Waals surface area contributed by atoms with E-state index in [4.69, 9.17) is 0 Å². The molecule has 4 heteroatoms. The molecule has 0 aromatic heterocycles. The van der Waals surface area contributed by atoms with Crippen molar-refractivity contribution in [2.24, 2.45) is 0 Å². The molecule has 1 heterocycles. The molecule has 1 amide bonds. The summed E-state index contributed by atoms with van der Waals surface area (Å²) in [5.41, 5.74) is 0. The van der Waals surface area contributed by atoms with Gasteiger partial charge in [0.1, 0.15) is 6.04 Å². The quantitative estimate of drug-likeness (QED) is 0.778. The number of hydrogen-bond acceptors (Lipinski definition) is 3. The van der Waals surface area contributed by atoms with E-state index in [1.165, 1.54) is 12.8 Å². The van der Waals surface area contributed by atoms with Crippen molar-refractivity contribution < 1.29 is 9.90 Å². The van der Waals surface area contributed by atoms with Gasteiger partial charge < -0.3 is 10.0 Å². The summed E-state index contributed by atoms with van der Waals surface area (Å²) in [7, 11) is 1.95. The van der Waals surface area contributed by atoms with E-state index in [2.05, 4.69) is 6.92 Å². The fourth-order valence-electron chi connectivity index (χ4n) is 3.10. The van der Waals surface area contributed by atoms with Gasteiger partial charge in [-0.05, 0) is 33.2 Å². The maximum absolute atomic E-state index is 12.4. The molecule has 1 saturated heterocycles. The van der Waals surface area contributed by atoms with Crippen molar-refractivity contribution in [3.05, 3.63) is 0 Å². The average Bonchev–Trinajstić information content (AvgIpc) is 2.80. The Kier molecular flexibility index (Phi) is 4.05. The fraction of sp³-hybridized carbons (Fsp3) is 0.923. The van der Waals surface area contributed by atoms with E-state index < -0.39 is 0 Å². The number of likely N-dealkylation sites (N-methyl/N-ethyl adjacent to an activating group) is 1. The van der Waals surface area contributed by atoms with E-state index in [-0.39, 0.29) is 18.6 Å². The van der Waals surface area contributed by atoms with E-state index in [1.807, 2.05) is 16.8 Å². The Labute approximate surface area is 104 Å². The van der Waals surface area contributed by atoms with Crippen LogP contribution in [0.25, 0.3) is 0 Å². The second kappa shape index (κ2) is 5.36. The molecular formula is C13H24N2O2. The molecule has 1 aliphatic carbocycles. The van der Waals surface area contributed by atoms with Gasteiger partial charge in [-0.3, -0.25) is 9.69 Å². The van der Waals surface area contributed by atoms with Crippen molar-refractivity contribution in [1.29, 1.82) is 0 Å². The zero-order valence-corrected chi connectivity index (χ0v) is 10.9. The average molecular weight is 240 g/mol. The summed E-state index contributed by atoms with van der Waals surface area (Å²) in [4.78, 5) is 16.5. The minimum atomic E-state index is -0.340. The van der Waals surface area contributed by atoms with Gasteiger partial charge in [-0.15, -0.1) is 0 Å². The maximum Gasteiger partial charge on any atom is 0.242 e. The summed E-state index contributed by atoms with van der Waals surface area (Å²) < 4.78 is 0. The van der Waals surface area contributed by atoms with Gasteiger partial charge in [0.2, 0.25) is 5.91 Å². The largest absolute Gasteiger partial charge is 0.394 e. The van der Waals surface area contributed by atoms with Crippen molar-refractivity contribution in [2.75, 3.05) is 20.2 Å². The summed E-state index contributed by atoms with van der Waals surface area (Å²) >= 11 is 0. The molecule has 4 nitrogen and oxygen atoms in total. The Hall–Kier alpha value is -0.610. The summed E-state index contributed by atoms with van der Waals surface area (Å²) in [5, 5.41) is 9.45. The highest BCUT2D eigenvalue weighted by atomic mass is 16.3. The number of nitrogens with zero attached hydrogens (tertiary/aromatic N) is 2. The van der Waals surface area contributed by atoms with Crippen LogP contribution in [0.3, 0.4) is 0 Å². The summed E-state index contributed by atoms with van der Waals surface area (Å²) in [6.45, 7) is 2.92. The van der Waals surface area contributed by atoms with Crippen molar-refractivity contribution in [2.45, 2.75) is 57.2 Å². The molecule has 0 spiro atoms. The van der Waals surface area contributed by atoms with E-state index in [0.29, 0.717) is 12.1 Å². The molecule has 1 saturated carbocycles. The normalized spacial score (nSPS) is 33.1. The highest BCUT2D eigenvalue weighted by Gasteiger charge is 2.37. The van der Waals surface area contributed by atoms with Crippen LogP contribution in [0.1, 0.15) is 39.0 Å². The highest BCUT2D eigenvalue weighted by Crippen LogP contribution is 2.27. The minimum Gasteiger partial charge on any atom is -0.394 e. The first-order valence-corrected chi connectivity index (χ1v) is 6.78. The lowest BCUT2D eigenvalue weighted by atomic mass is 10.1. The molecule has 0 aromatic carbocycles. The van der Waals surface area contributed by atoms with E-state index in [0.717, 1.165) is 25.8 Å². The lowest BCUT2D eigenvalue weighted by Crippen LogP contribution is -2.50. The van der Waals surface area contributed by atoms with Crippen LogP contribution >= 0.6 is 0 Å². The monoisotopic (exact) mass is 240 g/mol. The molecule has 2 aliphatic rings. The first kappa shape index (κ1) is 12.8. The summed E-state index contributed by atoms with van der Waals surface area (Å²) in [6, 6.07) is 0.450. The fourth-order valence-corrected chi connectivity index (χ4v) is 3.10. The summed E-state index contributed by atoms with van der Waals surface area (Å²) in [6.07, 6.45) is 5.77. The zero-order chi connectivity index (χ0) is 12.4. The lowest BCUT2D eigenvalue weighted by Gasteiger charge is -2.31. The van der Waals surface area contributed by atoms with Gasteiger partial charge in [0, 0.05) is 18.6 Å². The van der Waals surface area contributed by atoms with Crippen LogP contribution < -0.4 is 0 Å².